The Kier molecular flexibility index (Phi) is 4.98. The third-order valence-electron chi connectivity index (χ3n) is 3.33. The second kappa shape index (κ2) is 6.56. The van der Waals surface area contributed by atoms with E-state index in [1.54, 1.807) is 4.90 Å². The topological polar surface area (TPSA) is 81.5 Å². The fourth-order valence-corrected chi connectivity index (χ4v) is 3.89. The third-order valence-corrected chi connectivity index (χ3v) is 5.72. The van der Waals surface area contributed by atoms with Gasteiger partial charge in [0, 0.05) is 26.2 Å². The summed E-state index contributed by atoms with van der Waals surface area (Å²) in [5.41, 5.74) is 0.418. The van der Waals surface area contributed by atoms with E-state index in [2.05, 4.69) is 15.9 Å². The van der Waals surface area contributed by atoms with Crippen molar-refractivity contribution in [2.24, 2.45) is 0 Å². The van der Waals surface area contributed by atoms with Crippen LogP contribution < -0.4 is 0 Å². The zero-order valence-electron chi connectivity index (χ0n) is 11.2. The number of piperazine rings is 1. The summed E-state index contributed by atoms with van der Waals surface area (Å²) < 4.78 is 26.3. The third kappa shape index (κ3) is 3.43. The summed E-state index contributed by atoms with van der Waals surface area (Å²) in [5.74, 6) is -0.0366. The first-order chi connectivity index (χ1) is 9.98. The van der Waals surface area contributed by atoms with E-state index >= 15 is 0 Å². The number of sulfonamides is 1. The van der Waals surface area contributed by atoms with Gasteiger partial charge in [-0.15, -0.1) is 0 Å². The van der Waals surface area contributed by atoms with E-state index in [1.165, 1.54) is 28.6 Å². The molecule has 0 N–H and O–H groups in total. The lowest BCUT2D eigenvalue weighted by Crippen LogP contribution is -2.50. The normalized spacial score (nSPS) is 16.5. The second-order valence-corrected chi connectivity index (χ2v) is 7.05. The minimum absolute atomic E-state index is 0.0366. The van der Waals surface area contributed by atoms with Crippen molar-refractivity contribution in [2.45, 2.75) is 4.90 Å². The molecular weight excluding hydrogens is 358 g/mol. The summed E-state index contributed by atoms with van der Waals surface area (Å²) in [7, 11) is -3.57. The molecule has 0 spiro atoms. The Labute approximate surface area is 132 Å². The van der Waals surface area contributed by atoms with Crippen molar-refractivity contribution in [1.29, 1.82) is 5.26 Å². The van der Waals surface area contributed by atoms with Crippen LogP contribution in [0.15, 0.2) is 29.2 Å². The van der Waals surface area contributed by atoms with Gasteiger partial charge in [0.05, 0.1) is 21.9 Å². The molecule has 1 aliphatic rings. The van der Waals surface area contributed by atoms with Crippen molar-refractivity contribution in [3.63, 3.8) is 0 Å². The molecule has 1 aromatic carbocycles. The van der Waals surface area contributed by atoms with Crippen LogP contribution in [0.2, 0.25) is 0 Å². The van der Waals surface area contributed by atoms with E-state index in [4.69, 9.17) is 5.26 Å². The van der Waals surface area contributed by atoms with Crippen molar-refractivity contribution in [3.05, 3.63) is 29.8 Å². The lowest BCUT2D eigenvalue weighted by molar-refractivity contribution is -0.129. The Morgan fingerprint density at radius 1 is 1.19 bits per heavy atom. The predicted octanol–water partition coefficient (Wildman–Crippen LogP) is 0.786. The Morgan fingerprint density at radius 3 is 2.24 bits per heavy atom. The summed E-state index contributed by atoms with van der Waals surface area (Å²) in [6.07, 6.45) is 0. The zero-order chi connectivity index (χ0) is 15.5. The largest absolute Gasteiger partial charge is 0.339 e. The fourth-order valence-electron chi connectivity index (χ4n) is 2.11. The number of nitrogens with zero attached hydrogens (tertiary/aromatic N) is 3. The Balaban J connectivity index is 2.11. The average Bonchev–Trinajstić information content (AvgIpc) is 2.54. The van der Waals surface area contributed by atoms with Gasteiger partial charge in [0.1, 0.15) is 0 Å². The molecule has 1 fully saturated rings. The molecule has 0 aliphatic carbocycles. The van der Waals surface area contributed by atoms with Crippen LogP contribution in [0.4, 0.5) is 0 Å². The van der Waals surface area contributed by atoms with Gasteiger partial charge < -0.3 is 4.90 Å². The molecule has 0 radical (unpaired) electrons. The van der Waals surface area contributed by atoms with Crippen molar-refractivity contribution in [3.8, 4) is 6.07 Å². The van der Waals surface area contributed by atoms with Crippen molar-refractivity contribution < 1.29 is 13.2 Å². The minimum atomic E-state index is -3.57. The number of carbonyl (C=O) groups is 1. The Hall–Kier alpha value is -1.43. The van der Waals surface area contributed by atoms with Gasteiger partial charge >= 0.3 is 0 Å². The smallest absolute Gasteiger partial charge is 0.243 e. The van der Waals surface area contributed by atoms with Gasteiger partial charge in [0.2, 0.25) is 15.9 Å². The van der Waals surface area contributed by atoms with E-state index in [-0.39, 0.29) is 29.2 Å². The van der Waals surface area contributed by atoms with Gasteiger partial charge in [0.15, 0.2) is 0 Å². The SMILES string of the molecule is N#Cc1ccc(S(=O)(=O)N2CCN(C(=O)CBr)CC2)cc1. The van der Waals surface area contributed by atoms with E-state index in [0.717, 1.165) is 0 Å². The standard InChI is InChI=1S/C13H14BrN3O3S/c14-9-13(18)16-5-7-17(8-6-16)21(19,20)12-3-1-11(10-15)2-4-12/h1-4H,5-9H2. The summed E-state index contributed by atoms with van der Waals surface area (Å²) in [5, 5.41) is 8.98. The maximum Gasteiger partial charge on any atom is 0.243 e. The number of hydrogen-bond acceptors (Lipinski definition) is 4. The van der Waals surface area contributed by atoms with Crippen LogP contribution in [0.5, 0.6) is 0 Å². The van der Waals surface area contributed by atoms with Gasteiger partial charge in [-0.1, -0.05) is 15.9 Å². The number of amides is 1. The van der Waals surface area contributed by atoms with E-state index in [9.17, 15) is 13.2 Å². The molecule has 0 bridgehead atoms. The molecule has 0 saturated carbocycles. The predicted molar refractivity (Wildman–Crippen MR) is 80.3 cm³/mol. The lowest BCUT2D eigenvalue weighted by atomic mass is 10.2. The first kappa shape index (κ1) is 15.9. The molecule has 1 amide bonds. The van der Waals surface area contributed by atoms with Gasteiger partial charge in [-0.25, -0.2) is 8.42 Å². The Morgan fingerprint density at radius 2 is 1.76 bits per heavy atom. The van der Waals surface area contributed by atoms with Gasteiger partial charge in [-0.2, -0.15) is 9.57 Å². The van der Waals surface area contributed by atoms with Crippen LogP contribution >= 0.6 is 15.9 Å². The number of halogens is 1. The minimum Gasteiger partial charge on any atom is -0.339 e. The molecule has 0 unspecified atom stereocenters. The number of rotatable bonds is 3. The molecule has 8 heteroatoms. The van der Waals surface area contributed by atoms with Crippen molar-refractivity contribution in [2.75, 3.05) is 31.5 Å². The average molecular weight is 372 g/mol. The van der Waals surface area contributed by atoms with Gasteiger partial charge in [0.25, 0.3) is 0 Å². The molecule has 6 nitrogen and oxygen atoms in total. The first-order valence-electron chi connectivity index (χ1n) is 6.33. The second-order valence-electron chi connectivity index (χ2n) is 4.55. The molecule has 0 atom stereocenters. The number of benzene rings is 1. The first-order valence-corrected chi connectivity index (χ1v) is 8.89. The van der Waals surface area contributed by atoms with Gasteiger partial charge in [-0.05, 0) is 24.3 Å². The highest BCUT2D eigenvalue weighted by molar-refractivity contribution is 9.09. The molecule has 1 heterocycles. The Bertz CT molecular complexity index is 659. The van der Waals surface area contributed by atoms with E-state index in [0.29, 0.717) is 18.7 Å². The van der Waals surface area contributed by atoms with Crippen LogP contribution in [0.25, 0.3) is 0 Å². The maximum atomic E-state index is 12.5. The molecule has 2 rings (SSSR count). The van der Waals surface area contributed by atoms with Crippen molar-refractivity contribution in [1.82, 2.24) is 9.21 Å². The maximum absolute atomic E-state index is 12.5. The van der Waals surface area contributed by atoms with Crippen LogP contribution in [0.1, 0.15) is 5.56 Å². The number of alkyl halides is 1. The number of nitriles is 1. The van der Waals surface area contributed by atoms with Crippen molar-refractivity contribution >= 4 is 31.9 Å². The van der Waals surface area contributed by atoms with Crippen LogP contribution in [0.3, 0.4) is 0 Å². The lowest BCUT2D eigenvalue weighted by Gasteiger charge is -2.33. The highest BCUT2D eigenvalue weighted by atomic mass is 79.9. The number of hydrogen-bond donors (Lipinski definition) is 0. The fraction of sp³-hybridized carbons (Fsp3) is 0.385. The molecule has 0 aromatic heterocycles. The van der Waals surface area contributed by atoms with Crippen LogP contribution in [-0.4, -0.2) is 55.0 Å². The highest BCUT2D eigenvalue weighted by Crippen LogP contribution is 2.18. The molecular formula is C13H14BrN3O3S. The summed E-state index contributed by atoms with van der Waals surface area (Å²) in [6, 6.07) is 7.79. The molecule has 21 heavy (non-hydrogen) atoms. The quantitative estimate of drug-likeness (QED) is 0.735. The number of carbonyl (C=O) groups excluding carboxylic acids is 1. The van der Waals surface area contributed by atoms with Gasteiger partial charge in [-0.3, -0.25) is 4.79 Å². The summed E-state index contributed by atoms with van der Waals surface area (Å²) in [6.45, 7) is 1.34. The molecule has 1 aliphatic heterocycles. The molecule has 1 saturated heterocycles. The van der Waals surface area contributed by atoms with E-state index < -0.39 is 10.0 Å². The summed E-state index contributed by atoms with van der Waals surface area (Å²) >= 11 is 3.11. The summed E-state index contributed by atoms with van der Waals surface area (Å²) in [4.78, 5) is 13.4. The molecule has 1 aromatic rings. The van der Waals surface area contributed by atoms with Crippen LogP contribution in [0, 0.1) is 11.3 Å². The monoisotopic (exact) mass is 371 g/mol. The van der Waals surface area contributed by atoms with Crippen LogP contribution in [-0.2, 0) is 14.8 Å². The zero-order valence-corrected chi connectivity index (χ0v) is 13.6. The molecule has 112 valence electrons. The van der Waals surface area contributed by atoms with E-state index in [1.807, 2.05) is 6.07 Å². The highest BCUT2D eigenvalue weighted by Gasteiger charge is 2.29.